The first-order chi connectivity index (χ1) is 9.85. The van der Waals surface area contributed by atoms with Crippen LogP contribution in [0.25, 0.3) is 5.95 Å². The maximum absolute atomic E-state index is 4.41. The Labute approximate surface area is 117 Å². The van der Waals surface area contributed by atoms with Crippen LogP contribution in [0, 0.1) is 5.92 Å². The Balaban J connectivity index is 1.77. The molecule has 2 N–H and O–H groups in total. The third kappa shape index (κ3) is 2.87. The highest BCUT2D eigenvalue weighted by Gasteiger charge is 2.15. The lowest BCUT2D eigenvalue weighted by atomic mass is 10.1. The zero-order valence-corrected chi connectivity index (χ0v) is 11.6. The van der Waals surface area contributed by atoms with E-state index in [9.17, 15) is 0 Å². The smallest absolute Gasteiger partial charge is 0.257 e. The van der Waals surface area contributed by atoms with Crippen molar-refractivity contribution in [3.63, 3.8) is 0 Å². The Morgan fingerprint density at radius 2 is 2.00 bits per heavy atom. The first kappa shape index (κ1) is 12.8. The van der Waals surface area contributed by atoms with Gasteiger partial charge in [0.15, 0.2) is 0 Å². The number of nitrogens with zero attached hydrogens (tertiary/aromatic N) is 5. The Morgan fingerprint density at radius 3 is 2.70 bits per heavy atom. The fourth-order valence-electron chi connectivity index (χ4n) is 2.50. The van der Waals surface area contributed by atoms with Crippen molar-refractivity contribution in [3.8, 4) is 5.95 Å². The van der Waals surface area contributed by atoms with E-state index in [-0.39, 0.29) is 0 Å². The van der Waals surface area contributed by atoms with Crippen LogP contribution < -0.4 is 10.6 Å². The monoisotopic (exact) mass is 273 g/mol. The second kappa shape index (κ2) is 5.85. The molecule has 0 aliphatic heterocycles. The largest absolute Gasteiger partial charge is 0.357 e. The molecule has 7 nitrogen and oxygen atoms in total. The van der Waals surface area contributed by atoms with Crippen molar-refractivity contribution in [2.24, 2.45) is 5.92 Å². The molecular weight excluding hydrogens is 254 g/mol. The summed E-state index contributed by atoms with van der Waals surface area (Å²) in [7, 11) is 1.79. The molecular formula is C13H19N7. The molecule has 1 saturated carbocycles. The molecule has 0 radical (unpaired) electrons. The molecule has 7 heteroatoms. The van der Waals surface area contributed by atoms with Crippen LogP contribution in [0.15, 0.2) is 18.5 Å². The average molecular weight is 273 g/mol. The topological polar surface area (TPSA) is 80.5 Å². The van der Waals surface area contributed by atoms with Crippen LogP contribution in [0.3, 0.4) is 0 Å². The highest BCUT2D eigenvalue weighted by atomic mass is 15.4. The van der Waals surface area contributed by atoms with Gasteiger partial charge in [-0.25, -0.2) is 4.68 Å². The summed E-state index contributed by atoms with van der Waals surface area (Å²) in [5.41, 5.74) is 0. The van der Waals surface area contributed by atoms with Crippen molar-refractivity contribution >= 4 is 11.9 Å². The summed E-state index contributed by atoms with van der Waals surface area (Å²) in [4.78, 5) is 13.1. The van der Waals surface area contributed by atoms with Crippen LogP contribution in [0.5, 0.6) is 0 Å². The Hall–Kier alpha value is -2.18. The summed E-state index contributed by atoms with van der Waals surface area (Å²) >= 11 is 0. The van der Waals surface area contributed by atoms with E-state index in [0.717, 1.165) is 12.5 Å². The van der Waals surface area contributed by atoms with Crippen LogP contribution in [-0.4, -0.2) is 38.3 Å². The molecule has 3 rings (SSSR count). The van der Waals surface area contributed by atoms with Crippen molar-refractivity contribution < 1.29 is 0 Å². The maximum atomic E-state index is 4.41. The number of nitrogens with one attached hydrogen (secondary N) is 2. The Kier molecular flexibility index (Phi) is 3.76. The van der Waals surface area contributed by atoms with Crippen LogP contribution >= 0.6 is 0 Å². The molecule has 1 fully saturated rings. The Bertz CT molecular complexity index is 546. The van der Waals surface area contributed by atoms with E-state index in [1.165, 1.54) is 25.7 Å². The van der Waals surface area contributed by atoms with Gasteiger partial charge in [0.25, 0.3) is 5.95 Å². The molecule has 0 atom stereocenters. The van der Waals surface area contributed by atoms with Gasteiger partial charge in [-0.15, -0.1) is 0 Å². The molecule has 0 saturated heterocycles. The third-order valence-corrected chi connectivity index (χ3v) is 3.58. The van der Waals surface area contributed by atoms with E-state index in [1.807, 2.05) is 12.3 Å². The third-order valence-electron chi connectivity index (χ3n) is 3.58. The number of hydrogen-bond donors (Lipinski definition) is 2. The summed E-state index contributed by atoms with van der Waals surface area (Å²) in [6.45, 7) is 0.922. The standard InChI is InChI=1S/C13H19N7/c1-14-11-17-12(15-9-10-5-2-3-6-10)19-13(18-11)20-8-4-7-16-20/h4,7-8,10H,2-3,5-6,9H2,1H3,(H2,14,15,17,18,19). The quantitative estimate of drug-likeness (QED) is 0.863. The second-order valence-corrected chi connectivity index (χ2v) is 5.01. The fraction of sp³-hybridized carbons (Fsp3) is 0.538. The van der Waals surface area contributed by atoms with Crippen molar-refractivity contribution in [2.45, 2.75) is 25.7 Å². The molecule has 2 heterocycles. The minimum atomic E-state index is 0.517. The van der Waals surface area contributed by atoms with Crippen LogP contribution in [0.4, 0.5) is 11.9 Å². The normalized spacial score (nSPS) is 15.4. The molecule has 106 valence electrons. The number of hydrogen-bond acceptors (Lipinski definition) is 6. The first-order valence-electron chi connectivity index (χ1n) is 7.03. The molecule has 2 aromatic rings. The summed E-state index contributed by atoms with van der Waals surface area (Å²) in [6.07, 6.45) is 8.78. The van der Waals surface area contributed by atoms with Crippen LogP contribution in [0.1, 0.15) is 25.7 Å². The van der Waals surface area contributed by atoms with Crippen molar-refractivity contribution in [3.05, 3.63) is 18.5 Å². The van der Waals surface area contributed by atoms with Crippen molar-refractivity contribution in [2.75, 3.05) is 24.2 Å². The summed E-state index contributed by atoms with van der Waals surface area (Å²) in [6, 6.07) is 1.84. The Morgan fingerprint density at radius 1 is 1.20 bits per heavy atom. The molecule has 0 unspecified atom stereocenters. The highest BCUT2D eigenvalue weighted by Crippen LogP contribution is 2.24. The highest BCUT2D eigenvalue weighted by molar-refractivity contribution is 5.37. The fourth-order valence-corrected chi connectivity index (χ4v) is 2.50. The summed E-state index contributed by atoms with van der Waals surface area (Å²) in [5, 5.41) is 10.4. The van der Waals surface area contributed by atoms with Crippen LogP contribution in [0.2, 0.25) is 0 Å². The molecule has 20 heavy (non-hydrogen) atoms. The van der Waals surface area contributed by atoms with E-state index in [4.69, 9.17) is 0 Å². The maximum Gasteiger partial charge on any atom is 0.257 e. The second-order valence-electron chi connectivity index (χ2n) is 5.01. The van der Waals surface area contributed by atoms with Gasteiger partial charge >= 0.3 is 0 Å². The number of aromatic nitrogens is 5. The lowest BCUT2D eigenvalue weighted by Gasteiger charge is -2.12. The van der Waals surface area contributed by atoms with Crippen LogP contribution in [-0.2, 0) is 0 Å². The van der Waals surface area contributed by atoms with E-state index < -0.39 is 0 Å². The number of anilines is 2. The van der Waals surface area contributed by atoms with Gasteiger partial charge in [0, 0.05) is 26.0 Å². The molecule has 0 amide bonds. The molecule has 0 spiro atoms. The van der Waals surface area contributed by atoms with Gasteiger partial charge in [-0.2, -0.15) is 20.1 Å². The molecule has 2 aromatic heterocycles. The lowest BCUT2D eigenvalue weighted by Crippen LogP contribution is -2.16. The predicted molar refractivity (Wildman–Crippen MR) is 76.9 cm³/mol. The minimum absolute atomic E-state index is 0.517. The van der Waals surface area contributed by atoms with Gasteiger partial charge in [0.1, 0.15) is 0 Å². The molecule has 1 aliphatic rings. The summed E-state index contributed by atoms with van der Waals surface area (Å²) < 4.78 is 1.63. The van der Waals surface area contributed by atoms with E-state index in [0.29, 0.717) is 17.8 Å². The van der Waals surface area contributed by atoms with Gasteiger partial charge in [-0.3, -0.25) is 0 Å². The van der Waals surface area contributed by atoms with E-state index in [1.54, 1.807) is 17.9 Å². The zero-order chi connectivity index (χ0) is 13.8. The lowest BCUT2D eigenvalue weighted by molar-refractivity contribution is 0.577. The van der Waals surface area contributed by atoms with Gasteiger partial charge in [0.2, 0.25) is 11.9 Å². The molecule has 0 bridgehead atoms. The van der Waals surface area contributed by atoms with Crippen molar-refractivity contribution in [1.29, 1.82) is 0 Å². The van der Waals surface area contributed by atoms with Gasteiger partial charge < -0.3 is 10.6 Å². The number of rotatable bonds is 5. The zero-order valence-electron chi connectivity index (χ0n) is 11.6. The molecule has 1 aliphatic carbocycles. The predicted octanol–water partition coefficient (Wildman–Crippen LogP) is 1.70. The molecule has 0 aromatic carbocycles. The summed E-state index contributed by atoms with van der Waals surface area (Å²) in [5.74, 6) is 2.39. The van der Waals surface area contributed by atoms with Gasteiger partial charge in [-0.1, -0.05) is 12.8 Å². The van der Waals surface area contributed by atoms with Gasteiger partial charge in [0.05, 0.1) is 0 Å². The van der Waals surface area contributed by atoms with Gasteiger partial charge in [-0.05, 0) is 24.8 Å². The van der Waals surface area contributed by atoms with E-state index >= 15 is 0 Å². The van der Waals surface area contributed by atoms with E-state index in [2.05, 4.69) is 30.7 Å². The minimum Gasteiger partial charge on any atom is -0.357 e. The average Bonchev–Trinajstić information content (AvgIpc) is 3.17. The first-order valence-corrected chi connectivity index (χ1v) is 7.03. The SMILES string of the molecule is CNc1nc(NCC2CCCC2)nc(-n2cccn2)n1. The van der Waals surface area contributed by atoms with Crippen molar-refractivity contribution in [1.82, 2.24) is 24.7 Å².